The fourth-order valence-electron chi connectivity index (χ4n) is 1.73. The maximum absolute atomic E-state index is 11.6. The van der Waals surface area contributed by atoms with Gasteiger partial charge in [-0.05, 0) is 38.0 Å². The van der Waals surface area contributed by atoms with Crippen LogP contribution in [0.25, 0.3) is 0 Å². The predicted molar refractivity (Wildman–Crippen MR) is 81.8 cm³/mol. The molecule has 0 spiro atoms. The summed E-state index contributed by atoms with van der Waals surface area (Å²) >= 11 is 0. The topological polar surface area (TPSA) is 50.4 Å². The Labute approximate surface area is 121 Å². The molecule has 0 saturated heterocycles. The summed E-state index contributed by atoms with van der Waals surface area (Å²) in [5, 5.41) is 6.00. The van der Waals surface area contributed by atoms with Crippen LogP contribution in [-0.4, -0.2) is 25.1 Å². The summed E-state index contributed by atoms with van der Waals surface area (Å²) in [5.74, 6) is 0.936. The highest BCUT2D eigenvalue weighted by Gasteiger charge is 2.10. The molecule has 4 nitrogen and oxygen atoms in total. The number of nitrogens with one attached hydrogen (secondary N) is 2. The molecule has 0 aliphatic carbocycles. The first kappa shape index (κ1) is 16.5. The average Bonchev–Trinajstić information content (AvgIpc) is 2.46. The van der Waals surface area contributed by atoms with Crippen molar-refractivity contribution in [1.82, 2.24) is 10.6 Å². The second kappa shape index (κ2) is 9.37. The first-order valence-electron chi connectivity index (χ1n) is 7.40. The maximum atomic E-state index is 11.6. The SMILES string of the molecule is CCCCOc1ccc(CNC(C)C(=O)NCC)cc1. The van der Waals surface area contributed by atoms with Gasteiger partial charge in [0.15, 0.2) is 0 Å². The summed E-state index contributed by atoms with van der Waals surface area (Å²) < 4.78 is 5.61. The van der Waals surface area contributed by atoms with E-state index < -0.39 is 0 Å². The molecule has 0 radical (unpaired) electrons. The quantitative estimate of drug-likeness (QED) is 0.682. The fraction of sp³-hybridized carbons (Fsp3) is 0.562. The summed E-state index contributed by atoms with van der Waals surface area (Å²) in [6, 6.07) is 7.82. The molecule has 1 rings (SSSR count). The second-order valence-corrected chi connectivity index (χ2v) is 4.84. The monoisotopic (exact) mass is 278 g/mol. The summed E-state index contributed by atoms with van der Waals surface area (Å²) in [7, 11) is 0. The Morgan fingerprint density at radius 3 is 2.55 bits per heavy atom. The molecule has 1 amide bonds. The number of hydrogen-bond donors (Lipinski definition) is 2. The molecule has 0 heterocycles. The minimum Gasteiger partial charge on any atom is -0.494 e. The molecular formula is C16H26N2O2. The number of carbonyl (C=O) groups is 1. The van der Waals surface area contributed by atoms with E-state index >= 15 is 0 Å². The van der Waals surface area contributed by atoms with Gasteiger partial charge in [-0.3, -0.25) is 4.79 Å². The van der Waals surface area contributed by atoms with Gasteiger partial charge in [0.05, 0.1) is 12.6 Å². The molecule has 2 N–H and O–H groups in total. The predicted octanol–water partition coefficient (Wildman–Crippen LogP) is 2.48. The number of likely N-dealkylation sites (N-methyl/N-ethyl adjacent to an activating group) is 1. The van der Waals surface area contributed by atoms with Gasteiger partial charge >= 0.3 is 0 Å². The van der Waals surface area contributed by atoms with Crippen molar-refractivity contribution in [2.24, 2.45) is 0 Å². The first-order chi connectivity index (χ1) is 9.67. The van der Waals surface area contributed by atoms with Crippen molar-refractivity contribution in [2.45, 2.75) is 46.2 Å². The van der Waals surface area contributed by atoms with Crippen molar-refractivity contribution in [3.63, 3.8) is 0 Å². The Kier molecular flexibility index (Phi) is 7.73. The van der Waals surface area contributed by atoms with E-state index in [-0.39, 0.29) is 11.9 Å². The third-order valence-electron chi connectivity index (χ3n) is 3.05. The Balaban J connectivity index is 2.35. The zero-order valence-electron chi connectivity index (χ0n) is 12.7. The van der Waals surface area contributed by atoms with Gasteiger partial charge in [0.2, 0.25) is 5.91 Å². The number of rotatable bonds is 9. The molecule has 1 unspecified atom stereocenters. The summed E-state index contributed by atoms with van der Waals surface area (Å²) in [5.41, 5.74) is 1.14. The Morgan fingerprint density at radius 2 is 1.95 bits per heavy atom. The van der Waals surface area contributed by atoms with Crippen LogP contribution in [0, 0.1) is 0 Å². The van der Waals surface area contributed by atoms with Crippen LogP contribution in [-0.2, 0) is 11.3 Å². The highest BCUT2D eigenvalue weighted by molar-refractivity contribution is 5.81. The van der Waals surface area contributed by atoms with Gasteiger partial charge < -0.3 is 15.4 Å². The van der Waals surface area contributed by atoms with Gasteiger partial charge in [-0.2, -0.15) is 0 Å². The molecule has 1 aromatic carbocycles. The minimum atomic E-state index is -0.185. The number of carbonyl (C=O) groups excluding carboxylic acids is 1. The van der Waals surface area contributed by atoms with Crippen LogP contribution >= 0.6 is 0 Å². The van der Waals surface area contributed by atoms with Crippen molar-refractivity contribution in [3.05, 3.63) is 29.8 Å². The van der Waals surface area contributed by atoms with Crippen molar-refractivity contribution in [3.8, 4) is 5.75 Å². The zero-order valence-corrected chi connectivity index (χ0v) is 12.7. The highest BCUT2D eigenvalue weighted by atomic mass is 16.5. The lowest BCUT2D eigenvalue weighted by atomic mass is 10.2. The highest BCUT2D eigenvalue weighted by Crippen LogP contribution is 2.12. The average molecular weight is 278 g/mol. The fourth-order valence-corrected chi connectivity index (χ4v) is 1.73. The van der Waals surface area contributed by atoms with Crippen molar-refractivity contribution >= 4 is 5.91 Å². The van der Waals surface area contributed by atoms with Gasteiger partial charge in [-0.1, -0.05) is 25.5 Å². The van der Waals surface area contributed by atoms with E-state index in [1.807, 2.05) is 38.1 Å². The molecule has 0 aliphatic rings. The van der Waals surface area contributed by atoms with Crippen LogP contribution in [0.3, 0.4) is 0 Å². The van der Waals surface area contributed by atoms with Gasteiger partial charge in [-0.15, -0.1) is 0 Å². The van der Waals surface area contributed by atoms with E-state index in [1.165, 1.54) is 0 Å². The smallest absolute Gasteiger partial charge is 0.236 e. The van der Waals surface area contributed by atoms with Crippen LogP contribution in [0.1, 0.15) is 39.2 Å². The zero-order chi connectivity index (χ0) is 14.8. The van der Waals surface area contributed by atoms with Gasteiger partial charge in [0, 0.05) is 13.1 Å². The van der Waals surface area contributed by atoms with Crippen LogP contribution in [0.2, 0.25) is 0 Å². The number of hydrogen-bond acceptors (Lipinski definition) is 3. The van der Waals surface area contributed by atoms with E-state index in [9.17, 15) is 4.79 Å². The number of unbranched alkanes of at least 4 members (excludes halogenated alkanes) is 1. The molecule has 1 aromatic rings. The maximum Gasteiger partial charge on any atom is 0.236 e. The second-order valence-electron chi connectivity index (χ2n) is 4.84. The van der Waals surface area contributed by atoms with Gasteiger partial charge in [-0.25, -0.2) is 0 Å². The Bertz CT molecular complexity index is 390. The van der Waals surface area contributed by atoms with E-state index in [4.69, 9.17) is 4.74 Å². The van der Waals surface area contributed by atoms with E-state index in [1.54, 1.807) is 0 Å². The molecule has 1 atom stereocenters. The minimum absolute atomic E-state index is 0.0343. The van der Waals surface area contributed by atoms with Crippen LogP contribution < -0.4 is 15.4 Å². The van der Waals surface area contributed by atoms with Crippen LogP contribution in [0.15, 0.2) is 24.3 Å². The Morgan fingerprint density at radius 1 is 1.25 bits per heavy atom. The molecule has 20 heavy (non-hydrogen) atoms. The van der Waals surface area contributed by atoms with Gasteiger partial charge in [0.1, 0.15) is 5.75 Å². The number of amides is 1. The largest absolute Gasteiger partial charge is 0.494 e. The van der Waals surface area contributed by atoms with Crippen molar-refractivity contribution in [2.75, 3.05) is 13.2 Å². The molecule has 4 heteroatoms. The standard InChI is InChI=1S/C16H26N2O2/c1-4-6-11-20-15-9-7-14(8-10-15)12-18-13(3)16(19)17-5-2/h7-10,13,18H,4-6,11-12H2,1-3H3,(H,17,19). The van der Waals surface area contributed by atoms with Crippen LogP contribution in [0.5, 0.6) is 5.75 Å². The third-order valence-corrected chi connectivity index (χ3v) is 3.05. The van der Waals surface area contributed by atoms with Crippen LogP contribution in [0.4, 0.5) is 0 Å². The third kappa shape index (κ3) is 6.06. The molecule has 0 saturated carbocycles. The molecule has 112 valence electrons. The molecular weight excluding hydrogens is 252 g/mol. The first-order valence-corrected chi connectivity index (χ1v) is 7.40. The normalized spacial score (nSPS) is 11.9. The molecule has 0 aromatic heterocycles. The summed E-state index contributed by atoms with van der Waals surface area (Å²) in [6.07, 6.45) is 2.22. The van der Waals surface area contributed by atoms with E-state index in [0.29, 0.717) is 13.1 Å². The lowest BCUT2D eigenvalue weighted by Crippen LogP contribution is -2.41. The lowest BCUT2D eigenvalue weighted by Gasteiger charge is -2.13. The molecule has 0 fully saturated rings. The van der Waals surface area contributed by atoms with Crippen molar-refractivity contribution < 1.29 is 9.53 Å². The van der Waals surface area contributed by atoms with Crippen molar-refractivity contribution in [1.29, 1.82) is 0 Å². The van der Waals surface area contributed by atoms with Gasteiger partial charge in [0.25, 0.3) is 0 Å². The van der Waals surface area contributed by atoms with E-state index in [2.05, 4.69) is 17.6 Å². The van der Waals surface area contributed by atoms with E-state index in [0.717, 1.165) is 30.8 Å². The molecule has 0 bridgehead atoms. The summed E-state index contributed by atoms with van der Waals surface area (Å²) in [6.45, 7) is 8.04. The number of ether oxygens (including phenoxy) is 1. The Hall–Kier alpha value is -1.55. The lowest BCUT2D eigenvalue weighted by molar-refractivity contribution is -0.122. The number of benzene rings is 1. The molecule has 0 aliphatic heterocycles. The summed E-state index contributed by atoms with van der Waals surface area (Å²) in [4.78, 5) is 11.6.